The topological polar surface area (TPSA) is 57.6 Å². The van der Waals surface area contributed by atoms with Crippen LogP contribution >= 0.6 is 0 Å². The molecule has 4 atom stereocenters. The number of fused-ring (bicyclic) bond motifs is 2. The van der Waals surface area contributed by atoms with E-state index >= 15 is 0 Å². The van der Waals surface area contributed by atoms with Crippen molar-refractivity contribution in [1.29, 1.82) is 0 Å². The minimum absolute atomic E-state index is 0.0691. The Labute approximate surface area is 119 Å². The number of nitrogens with zero attached hydrogens (tertiary/aromatic N) is 1. The highest BCUT2D eigenvalue weighted by atomic mass is 16.4. The molecule has 2 bridgehead atoms. The van der Waals surface area contributed by atoms with Gasteiger partial charge in [-0.3, -0.25) is 9.59 Å². The van der Waals surface area contributed by atoms with Gasteiger partial charge in [-0.1, -0.05) is 25.5 Å². The maximum Gasteiger partial charge on any atom is 0.307 e. The van der Waals surface area contributed by atoms with Crippen molar-refractivity contribution in [2.75, 3.05) is 13.1 Å². The highest BCUT2D eigenvalue weighted by Crippen LogP contribution is 2.49. The van der Waals surface area contributed by atoms with E-state index in [1.807, 2.05) is 11.0 Å². The fourth-order valence-corrected chi connectivity index (χ4v) is 4.27. The molecule has 1 heterocycles. The van der Waals surface area contributed by atoms with Crippen LogP contribution in [0.3, 0.4) is 0 Å². The number of carbonyl (C=O) groups is 2. The van der Waals surface area contributed by atoms with Crippen LogP contribution in [0, 0.1) is 29.6 Å². The summed E-state index contributed by atoms with van der Waals surface area (Å²) in [4.78, 5) is 26.1. The summed E-state index contributed by atoms with van der Waals surface area (Å²) in [6.07, 6.45) is 8.21. The number of rotatable bonds is 3. The number of hydrogen-bond donors (Lipinski definition) is 1. The molecule has 4 nitrogen and oxygen atoms in total. The number of allylic oxidation sites excluding steroid dienone is 2. The van der Waals surface area contributed by atoms with Crippen LogP contribution in [0.25, 0.3) is 0 Å². The number of carboxylic acid groups (broad SMARTS) is 1. The molecule has 0 aromatic rings. The van der Waals surface area contributed by atoms with E-state index in [2.05, 4.69) is 13.0 Å². The molecule has 1 aliphatic heterocycles. The van der Waals surface area contributed by atoms with E-state index in [0.29, 0.717) is 0 Å². The van der Waals surface area contributed by atoms with Crippen molar-refractivity contribution >= 4 is 11.9 Å². The van der Waals surface area contributed by atoms with E-state index in [4.69, 9.17) is 0 Å². The second-order valence-corrected chi connectivity index (χ2v) is 6.52. The molecule has 0 spiro atoms. The molecule has 4 heteroatoms. The molecule has 1 saturated carbocycles. The van der Waals surface area contributed by atoms with Gasteiger partial charge in [0.05, 0.1) is 11.8 Å². The van der Waals surface area contributed by atoms with Gasteiger partial charge in [-0.05, 0) is 37.0 Å². The first kappa shape index (κ1) is 13.7. The molecule has 2 aliphatic carbocycles. The lowest BCUT2D eigenvalue weighted by Gasteiger charge is -2.35. The SMILES string of the molecule is CCC1CCN(C(=O)C2C3C=CC(C3)C2C(=O)O)CC1. The van der Waals surface area contributed by atoms with E-state index in [0.717, 1.165) is 38.3 Å². The molecule has 3 aliphatic rings. The second-order valence-electron chi connectivity index (χ2n) is 6.52. The normalized spacial score (nSPS) is 36.5. The minimum Gasteiger partial charge on any atom is -0.481 e. The molecule has 0 aromatic carbocycles. The van der Waals surface area contributed by atoms with Crippen LogP contribution in [0.2, 0.25) is 0 Å². The van der Waals surface area contributed by atoms with Crippen LogP contribution in [0.4, 0.5) is 0 Å². The summed E-state index contributed by atoms with van der Waals surface area (Å²) in [7, 11) is 0. The molecule has 4 unspecified atom stereocenters. The summed E-state index contributed by atoms with van der Waals surface area (Å²) in [6, 6.07) is 0. The van der Waals surface area contributed by atoms with Gasteiger partial charge >= 0.3 is 5.97 Å². The maximum atomic E-state index is 12.7. The summed E-state index contributed by atoms with van der Waals surface area (Å²) in [6.45, 7) is 3.81. The van der Waals surface area contributed by atoms with Gasteiger partial charge in [-0.25, -0.2) is 0 Å². The van der Waals surface area contributed by atoms with Gasteiger partial charge < -0.3 is 10.0 Å². The maximum absolute atomic E-state index is 12.7. The van der Waals surface area contributed by atoms with Gasteiger partial charge in [-0.15, -0.1) is 0 Å². The number of carbonyl (C=O) groups excluding carboxylic acids is 1. The molecular formula is C16H23NO3. The Morgan fingerprint density at radius 2 is 1.75 bits per heavy atom. The van der Waals surface area contributed by atoms with Crippen molar-refractivity contribution < 1.29 is 14.7 Å². The van der Waals surface area contributed by atoms with Gasteiger partial charge in [0.1, 0.15) is 0 Å². The van der Waals surface area contributed by atoms with Crippen LogP contribution in [0.1, 0.15) is 32.6 Å². The molecule has 0 radical (unpaired) electrons. The van der Waals surface area contributed by atoms with Gasteiger partial charge in [0.25, 0.3) is 0 Å². The highest BCUT2D eigenvalue weighted by molar-refractivity contribution is 5.87. The number of carboxylic acids is 1. The third kappa shape index (κ3) is 2.15. The Balaban J connectivity index is 1.71. The van der Waals surface area contributed by atoms with Crippen LogP contribution in [0.15, 0.2) is 12.2 Å². The summed E-state index contributed by atoms with van der Waals surface area (Å²) in [5.41, 5.74) is 0. The lowest BCUT2D eigenvalue weighted by atomic mass is 9.81. The second kappa shape index (κ2) is 5.23. The monoisotopic (exact) mass is 277 g/mol. The summed E-state index contributed by atoms with van der Waals surface area (Å²) in [5.74, 6) is -0.583. The molecule has 1 N–H and O–H groups in total. The van der Waals surface area contributed by atoms with Crippen molar-refractivity contribution in [3.63, 3.8) is 0 Å². The Kier molecular flexibility index (Phi) is 3.57. The zero-order valence-corrected chi connectivity index (χ0v) is 12.0. The Morgan fingerprint density at radius 3 is 2.30 bits per heavy atom. The van der Waals surface area contributed by atoms with E-state index in [9.17, 15) is 14.7 Å². The Bertz CT molecular complexity index is 437. The molecule has 3 rings (SSSR count). The van der Waals surface area contributed by atoms with Crippen LogP contribution in [-0.2, 0) is 9.59 Å². The highest BCUT2D eigenvalue weighted by Gasteiger charge is 2.52. The van der Waals surface area contributed by atoms with E-state index in [1.165, 1.54) is 6.42 Å². The smallest absolute Gasteiger partial charge is 0.307 e. The average Bonchev–Trinajstić information content (AvgIpc) is 3.07. The largest absolute Gasteiger partial charge is 0.481 e. The van der Waals surface area contributed by atoms with Crippen molar-refractivity contribution in [2.45, 2.75) is 32.6 Å². The number of aliphatic carboxylic acids is 1. The van der Waals surface area contributed by atoms with Crippen LogP contribution < -0.4 is 0 Å². The zero-order valence-electron chi connectivity index (χ0n) is 12.0. The first-order chi connectivity index (χ1) is 9.61. The summed E-state index contributed by atoms with van der Waals surface area (Å²) in [5, 5.41) is 9.43. The van der Waals surface area contributed by atoms with E-state index in [-0.39, 0.29) is 23.7 Å². The van der Waals surface area contributed by atoms with Gasteiger partial charge in [0, 0.05) is 13.1 Å². The van der Waals surface area contributed by atoms with Crippen molar-refractivity contribution in [2.24, 2.45) is 29.6 Å². The lowest BCUT2D eigenvalue weighted by Crippen LogP contribution is -2.46. The van der Waals surface area contributed by atoms with Crippen LogP contribution in [-0.4, -0.2) is 35.0 Å². The molecular weight excluding hydrogens is 254 g/mol. The minimum atomic E-state index is -0.802. The molecule has 1 saturated heterocycles. The summed E-state index contributed by atoms with van der Waals surface area (Å²) < 4.78 is 0. The lowest BCUT2D eigenvalue weighted by molar-refractivity contribution is -0.151. The van der Waals surface area contributed by atoms with Crippen molar-refractivity contribution in [3.8, 4) is 0 Å². The first-order valence-electron chi connectivity index (χ1n) is 7.81. The average molecular weight is 277 g/mol. The molecule has 0 aromatic heterocycles. The van der Waals surface area contributed by atoms with Gasteiger partial charge in [0.2, 0.25) is 5.91 Å². The first-order valence-corrected chi connectivity index (χ1v) is 7.81. The van der Waals surface area contributed by atoms with Gasteiger partial charge in [-0.2, -0.15) is 0 Å². The fraction of sp³-hybridized carbons (Fsp3) is 0.750. The number of amides is 1. The predicted molar refractivity (Wildman–Crippen MR) is 74.9 cm³/mol. The fourth-order valence-electron chi connectivity index (χ4n) is 4.27. The number of likely N-dealkylation sites (tertiary alicyclic amines) is 1. The quantitative estimate of drug-likeness (QED) is 0.804. The third-order valence-electron chi connectivity index (χ3n) is 5.53. The van der Waals surface area contributed by atoms with Crippen molar-refractivity contribution in [1.82, 2.24) is 4.90 Å². The van der Waals surface area contributed by atoms with E-state index in [1.54, 1.807) is 0 Å². The number of hydrogen-bond acceptors (Lipinski definition) is 2. The number of piperidine rings is 1. The molecule has 20 heavy (non-hydrogen) atoms. The standard InChI is InChI=1S/C16H23NO3/c1-2-10-5-7-17(8-6-10)15(18)13-11-3-4-12(9-11)14(13)16(19)20/h3-4,10-14H,2,5-9H2,1H3,(H,19,20). The Hall–Kier alpha value is -1.32. The molecule has 110 valence electrons. The third-order valence-corrected chi connectivity index (χ3v) is 5.53. The Morgan fingerprint density at radius 1 is 1.15 bits per heavy atom. The molecule has 2 fully saturated rings. The summed E-state index contributed by atoms with van der Waals surface area (Å²) >= 11 is 0. The van der Waals surface area contributed by atoms with Crippen LogP contribution in [0.5, 0.6) is 0 Å². The van der Waals surface area contributed by atoms with Crippen molar-refractivity contribution in [3.05, 3.63) is 12.2 Å². The predicted octanol–water partition coefficient (Wildman–Crippen LogP) is 2.16. The molecule has 1 amide bonds. The van der Waals surface area contributed by atoms with Gasteiger partial charge in [0.15, 0.2) is 0 Å². The van der Waals surface area contributed by atoms with E-state index < -0.39 is 11.9 Å². The zero-order chi connectivity index (χ0) is 14.3.